The van der Waals surface area contributed by atoms with E-state index in [1.54, 1.807) is 6.08 Å². The van der Waals surface area contributed by atoms with Gasteiger partial charge in [-0.2, -0.15) is 0 Å². The van der Waals surface area contributed by atoms with E-state index < -0.39 is 0 Å². The molecule has 0 N–H and O–H groups in total. The van der Waals surface area contributed by atoms with Gasteiger partial charge in [-0.3, -0.25) is 4.79 Å². The maximum atomic E-state index is 12.2. The highest BCUT2D eigenvalue weighted by Crippen LogP contribution is 2.24. The zero-order valence-electron chi connectivity index (χ0n) is 11.6. The molecule has 0 bridgehead atoms. The van der Waals surface area contributed by atoms with Gasteiger partial charge in [0, 0.05) is 5.57 Å². The molecule has 0 aliphatic heterocycles. The first kappa shape index (κ1) is 13.8. The fraction of sp³-hybridized carbons (Fsp3) is 0.389. The Morgan fingerprint density at radius 3 is 2.63 bits per heavy atom. The summed E-state index contributed by atoms with van der Waals surface area (Å²) < 4.78 is 0. The van der Waals surface area contributed by atoms with Crippen molar-refractivity contribution in [1.29, 1.82) is 0 Å². The molecule has 0 heterocycles. The van der Waals surface area contributed by atoms with Gasteiger partial charge in [0.1, 0.15) is 0 Å². The van der Waals surface area contributed by atoms with Crippen LogP contribution in [0.3, 0.4) is 0 Å². The summed E-state index contributed by atoms with van der Waals surface area (Å²) in [6.45, 7) is 2.03. The van der Waals surface area contributed by atoms with E-state index in [-0.39, 0.29) is 5.78 Å². The number of carbonyl (C=O) groups excluding carboxylic acids is 1. The molecule has 1 fully saturated rings. The van der Waals surface area contributed by atoms with Crippen molar-refractivity contribution >= 4 is 5.78 Å². The molecule has 1 heteroatoms. The lowest BCUT2D eigenvalue weighted by Crippen LogP contribution is -2.04. The lowest BCUT2D eigenvalue weighted by molar-refractivity contribution is -0.111. The summed E-state index contributed by atoms with van der Waals surface area (Å²) in [5.41, 5.74) is 1.92. The Labute approximate surface area is 116 Å². The number of hydrogen-bond acceptors (Lipinski definition) is 1. The first-order valence-electron chi connectivity index (χ1n) is 7.21. The summed E-state index contributed by atoms with van der Waals surface area (Å²) in [5, 5.41) is 0. The van der Waals surface area contributed by atoms with Gasteiger partial charge in [0.2, 0.25) is 0 Å². The molecule has 2 rings (SSSR count). The van der Waals surface area contributed by atoms with Gasteiger partial charge in [-0.05, 0) is 31.8 Å². The summed E-state index contributed by atoms with van der Waals surface area (Å²) in [6.07, 6.45) is 22.0. The zero-order valence-corrected chi connectivity index (χ0v) is 11.6. The van der Waals surface area contributed by atoms with Crippen LogP contribution in [0.4, 0.5) is 0 Å². The summed E-state index contributed by atoms with van der Waals surface area (Å²) in [7, 11) is 0. The van der Waals surface area contributed by atoms with E-state index in [1.807, 2.05) is 43.4 Å². The SMILES string of the molecule is CC1=C/C=C(C(=O)/C=C/C2CCCCC2)\C=C/C=C\1. The Balaban J connectivity index is 2.00. The second kappa shape index (κ2) is 7.08. The maximum absolute atomic E-state index is 12.2. The van der Waals surface area contributed by atoms with Crippen molar-refractivity contribution in [1.82, 2.24) is 0 Å². The first-order chi connectivity index (χ1) is 9.25. The number of rotatable bonds is 3. The smallest absolute Gasteiger partial charge is 0.185 e. The second-order valence-electron chi connectivity index (χ2n) is 5.37. The van der Waals surface area contributed by atoms with Crippen molar-refractivity contribution in [2.45, 2.75) is 39.0 Å². The van der Waals surface area contributed by atoms with E-state index in [2.05, 4.69) is 6.08 Å². The van der Waals surface area contributed by atoms with Gasteiger partial charge in [-0.1, -0.05) is 67.4 Å². The third-order valence-electron chi connectivity index (χ3n) is 3.73. The van der Waals surface area contributed by atoms with Crippen LogP contribution in [0.5, 0.6) is 0 Å². The van der Waals surface area contributed by atoms with Gasteiger partial charge in [-0.25, -0.2) is 0 Å². The maximum Gasteiger partial charge on any atom is 0.185 e. The van der Waals surface area contributed by atoms with E-state index in [9.17, 15) is 4.79 Å². The van der Waals surface area contributed by atoms with E-state index >= 15 is 0 Å². The van der Waals surface area contributed by atoms with Crippen LogP contribution >= 0.6 is 0 Å². The number of ketones is 1. The van der Waals surface area contributed by atoms with Crippen molar-refractivity contribution in [3.8, 4) is 0 Å². The van der Waals surface area contributed by atoms with E-state index in [0.717, 1.165) is 11.1 Å². The van der Waals surface area contributed by atoms with Crippen LogP contribution in [0.2, 0.25) is 0 Å². The molecular weight excluding hydrogens is 232 g/mol. The molecule has 0 amide bonds. The van der Waals surface area contributed by atoms with Gasteiger partial charge in [0.15, 0.2) is 5.78 Å². The van der Waals surface area contributed by atoms with Crippen LogP contribution in [0.25, 0.3) is 0 Å². The molecule has 1 saturated carbocycles. The highest BCUT2D eigenvalue weighted by atomic mass is 16.1. The summed E-state index contributed by atoms with van der Waals surface area (Å²) >= 11 is 0. The number of hydrogen-bond donors (Lipinski definition) is 0. The molecule has 2 aliphatic rings. The topological polar surface area (TPSA) is 17.1 Å². The minimum absolute atomic E-state index is 0.112. The Morgan fingerprint density at radius 2 is 1.84 bits per heavy atom. The van der Waals surface area contributed by atoms with Crippen LogP contribution in [-0.4, -0.2) is 5.78 Å². The number of carbonyl (C=O) groups is 1. The monoisotopic (exact) mass is 254 g/mol. The quantitative estimate of drug-likeness (QED) is 0.668. The molecule has 19 heavy (non-hydrogen) atoms. The van der Waals surface area contributed by atoms with Crippen molar-refractivity contribution in [3.05, 3.63) is 59.8 Å². The molecule has 0 radical (unpaired) electrons. The Bertz CT molecular complexity index is 466. The summed E-state index contributed by atoms with van der Waals surface area (Å²) in [5.74, 6) is 0.717. The highest BCUT2D eigenvalue weighted by Gasteiger charge is 2.11. The van der Waals surface area contributed by atoms with Crippen LogP contribution in [0.15, 0.2) is 59.8 Å². The Hall–Kier alpha value is -1.63. The molecule has 0 spiro atoms. The molecule has 0 aromatic rings. The third-order valence-corrected chi connectivity index (χ3v) is 3.73. The van der Waals surface area contributed by atoms with Crippen molar-refractivity contribution in [2.24, 2.45) is 5.92 Å². The normalized spacial score (nSPS) is 29.7. The lowest BCUT2D eigenvalue weighted by Gasteiger charge is -2.17. The molecular formula is C18H22O. The van der Waals surface area contributed by atoms with Crippen LogP contribution in [0, 0.1) is 5.92 Å². The molecule has 0 atom stereocenters. The van der Waals surface area contributed by atoms with Gasteiger partial charge in [0.25, 0.3) is 0 Å². The molecule has 100 valence electrons. The summed E-state index contributed by atoms with van der Waals surface area (Å²) in [6, 6.07) is 0. The predicted molar refractivity (Wildman–Crippen MR) is 80.8 cm³/mol. The predicted octanol–water partition coefficient (Wildman–Crippen LogP) is 4.69. The van der Waals surface area contributed by atoms with E-state index in [0.29, 0.717) is 5.92 Å². The largest absolute Gasteiger partial charge is 0.289 e. The Kier molecular flexibility index (Phi) is 5.14. The Morgan fingerprint density at radius 1 is 1.11 bits per heavy atom. The molecule has 0 saturated heterocycles. The van der Waals surface area contributed by atoms with Gasteiger partial charge in [0.05, 0.1) is 0 Å². The van der Waals surface area contributed by atoms with Crippen LogP contribution in [-0.2, 0) is 4.79 Å². The fourth-order valence-electron chi connectivity index (χ4n) is 2.51. The second-order valence-corrected chi connectivity index (χ2v) is 5.37. The van der Waals surface area contributed by atoms with Crippen LogP contribution < -0.4 is 0 Å². The molecule has 1 nitrogen and oxygen atoms in total. The average molecular weight is 254 g/mol. The first-order valence-corrected chi connectivity index (χ1v) is 7.21. The molecule has 0 aromatic heterocycles. The minimum atomic E-state index is 0.112. The van der Waals surface area contributed by atoms with Gasteiger partial charge >= 0.3 is 0 Å². The standard InChI is InChI=1S/C18H22O/c1-15-7-5-6-10-17(13-11-15)18(19)14-12-16-8-3-2-4-9-16/h5-7,10-14,16H,2-4,8-9H2,1H3/b6-5?,7-5-,10-6-,13-11?,14-12+,15-7?,15-11-,17-10?,17-13+. The zero-order chi connectivity index (χ0) is 13.5. The van der Waals surface area contributed by atoms with Gasteiger partial charge in [-0.15, -0.1) is 0 Å². The van der Waals surface area contributed by atoms with Crippen molar-refractivity contribution < 1.29 is 4.79 Å². The number of allylic oxidation sites excluding steroid dienone is 10. The molecule has 0 aromatic carbocycles. The van der Waals surface area contributed by atoms with Crippen molar-refractivity contribution in [2.75, 3.05) is 0 Å². The third kappa shape index (κ3) is 4.51. The van der Waals surface area contributed by atoms with Crippen molar-refractivity contribution in [3.63, 3.8) is 0 Å². The highest BCUT2D eigenvalue weighted by molar-refractivity contribution is 6.06. The van der Waals surface area contributed by atoms with Gasteiger partial charge < -0.3 is 0 Å². The van der Waals surface area contributed by atoms with E-state index in [4.69, 9.17) is 0 Å². The minimum Gasteiger partial charge on any atom is -0.289 e. The van der Waals surface area contributed by atoms with Crippen LogP contribution in [0.1, 0.15) is 39.0 Å². The average Bonchev–Trinajstić information content (AvgIpc) is 2.42. The van der Waals surface area contributed by atoms with E-state index in [1.165, 1.54) is 32.1 Å². The molecule has 0 unspecified atom stereocenters. The fourth-order valence-corrected chi connectivity index (χ4v) is 2.51. The lowest BCUT2D eigenvalue weighted by atomic mass is 9.88. The molecule has 2 aliphatic carbocycles. The summed E-state index contributed by atoms with van der Waals surface area (Å²) in [4.78, 5) is 12.2.